The molecule has 0 atom stereocenters. The van der Waals surface area contributed by atoms with Crippen LogP contribution in [0.25, 0.3) is 0 Å². The van der Waals surface area contributed by atoms with E-state index in [1.165, 1.54) is 24.2 Å². The average molecular weight is 354 g/mol. The quantitative estimate of drug-likeness (QED) is 0.723. The van der Waals surface area contributed by atoms with E-state index in [2.05, 4.69) is 5.32 Å². The van der Waals surface area contributed by atoms with E-state index >= 15 is 0 Å². The zero-order chi connectivity index (χ0) is 18.1. The normalized spacial score (nSPS) is 20.4. The number of nitrogens with one attached hydrogen (secondary N) is 1. The van der Waals surface area contributed by atoms with Crippen LogP contribution in [-0.2, 0) is 21.6 Å². The van der Waals surface area contributed by atoms with Crippen molar-refractivity contribution in [2.75, 3.05) is 11.9 Å². The lowest BCUT2D eigenvalue weighted by Crippen LogP contribution is -2.42. The van der Waals surface area contributed by atoms with Crippen LogP contribution in [0.15, 0.2) is 0 Å². The van der Waals surface area contributed by atoms with Gasteiger partial charge in [-0.2, -0.15) is 0 Å². The number of ether oxygens (including phenoxy) is 1. The fourth-order valence-corrected chi connectivity index (χ4v) is 4.26. The Labute approximate surface area is 146 Å². The number of carbonyl (C=O) groups is 2. The second-order valence-corrected chi connectivity index (χ2v) is 8.44. The van der Waals surface area contributed by atoms with E-state index in [9.17, 15) is 9.59 Å². The van der Waals surface area contributed by atoms with Crippen molar-refractivity contribution >= 4 is 28.7 Å². The average Bonchev–Trinajstić information content (AvgIpc) is 3.20. The molecule has 6 nitrogen and oxygen atoms in total. The molecule has 1 aromatic heterocycles. The number of carbonyl (C=O) groups excluding carboxylic acids is 2. The fourth-order valence-electron chi connectivity index (χ4n) is 3.04. The van der Waals surface area contributed by atoms with Crippen molar-refractivity contribution in [3.8, 4) is 0 Å². The van der Waals surface area contributed by atoms with Crippen LogP contribution in [0.1, 0.15) is 61.3 Å². The molecule has 2 aliphatic rings. The number of rotatable bonds is 4. The number of fused-ring (bicyclic) bond motifs is 1. The molecule has 4 N–H and O–H groups in total. The number of aliphatic hydroxyl groups excluding tert-OH is 1. The Bertz CT molecular complexity index is 633. The number of anilines is 1. The summed E-state index contributed by atoms with van der Waals surface area (Å²) in [5.41, 5.74) is 5.89. The fraction of sp³-hybridized carbons (Fsp3) is 0.647. The summed E-state index contributed by atoms with van der Waals surface area (Å²) in [4.78, 5) is 23.3. The van der Waals surface area contributed by atoms with Crippen molar-refractivity contribution in [1.82, 2.24) is 0 Å². The van der Waals surface area contributed by atoms with Gasteiger partial charge in [-0.05, 0) is 52.0 Å². The maximum Gasteiger partial charge on any atom is 0.251 e. The topological polar surface area (TPSA) is 102 Å². The molecule has 1 saturated carbocycles. The third kappa shape index (κ3) is 4.15. The number of amides is 2. The summed E-state index contributed by atoms with van der Waals surface area (Å²) in [7, 11) is 0. The van der Waals surface area contributed by atoms with Crippen LogP contribution in [0.5, 0.6) is 0 Å². The maximum absolute atomic E-state index is 11.7. The molecular formula is C17H26N2O4S. The SMILES string of the molecule is CC1(C)Cc2c(sc(NC=O)c2C(N)=O)C(C)(C)O1.OCC1CC1. The molecule has 1 aliphatic heterocycles. The molecule has 0 unspecified atom stereocenters. The van der Waals surface area contributed by atoms with Crippen molar-refractivity contribution in [3.05, 3.63) is 16.0 Å². The number of thiophene rings is 1. The molecule has 0 aromatic carbocycles. The third-order valence-electron chi connectivity index (χ3n) is 4.08. The molecule has 134 valence electrons. The van der Waals surface area contributed by atoms with Gasteiger partial charge in [0.1, 0.15) is 5.00 Å². The second kappa shape index (κ2) is 6.82. The Morgan fingerprint density at radius 3 is 2.46 bits per heavy atom. The van der Waals surface area contributed by atoms with Gasteiger partial charge in [0.25, 0.3) is 5.91 Å². The summed E-state index contributed by atoms with van der Waals surface area (Å²) in [6, 6.07) is 0. The van der Waals surface area contributed by atoms with Crippen LogP contribution < -0.4 is 11.1 Å². The zero-order valence-corrected chi connectivity index (χ0v) is 15.5. The number of nitrogens with two attached hydrogens (primary N) is 1. The van der Waals surface area contributed by atoms with Gasteiger partial charge in [-0.3, -0.25) is 9.59 Å². The van der Waals surface area contributed by atoms with Crippen LogP contribution in [0.3, 0.4) is 0 Å². The maximum atomic E-state index is 11.7. The summed E-state index contributed by atoms with van der Waals surface area (Å²) in [5, 5.41) is 11.3. The van der Waals surface area contributed by atoms with Gasteiger partial charge < -0.3 is 20.9 Å². The highest BCUT2D eigenvalue weighted by molar-refractivity contribution is 7.17. The number of hydrogen-bond acceptors (Lipinski definition) is 5. The second-order valence-electron chi connectivity index (χ2n) is 7.42. The summed E-state index contributed by atoms with van der Waals surface area (Å²) in [6.07, 6.45) is 3.68. The Balaban J connectivity index is 0.000000355. The Hall–Kier alpha value is -1.44. The van der Waals surface area contributed by atoms with E-state index < -0.39 is 11.5 Å². The van der Waals surface area contributed by atoms with Crippen molar-refractivity contribution in [2.45, 2.75) is 58.2 Å². The highest BCUT2D eigenvalue weighted by Crippen LogP contribution is 2.47. The minimum absolute atomic E-state index is 0.375. The smallest absolute Gasteiger partial charge is 0.251 e. The highest BCUT2D eigenvalue weighted by atomic mass is 32.1. The van der Waals surface area contributed by atoms with Crippen molar-refractivity contribution in [2.24, 2.45) is 11.7 Å². The van der Waals surface area contributed by atoms with Gasteiger partial charge >= 0.3 is 0 Å². The molecule has 24 heavy (non-hydrogen) atoms. The molecule has 0 saturated heterocycles. The molecular weight excluding hydrogens is 328 g/mol. The largest absolute Gasteiger partial charge is 0.396 e. The van der Waals surface area contributed by atoms with Gasteiger partial charge in [-0.25, -0.2) is 0 Å². The van der Waals surface area contributed by atoms with Gasteiger partial charge in [0.15, 0.2) is 0 Å². The lowest BCUT2D eigenvalue weighted by molar-refractivity contribution is -0.135. The third-order valence-corrected chi connectivity index (χ3v) is 5.55. The molecule has 1 aliphatic carbocycles. The molecule has 2 heterocycles. The lowest BCUT2D eigenvalue weighted by atomic mass is 9.86. The summed E-state index contributed by atoms with van der Waals surface area (Å²) < 4.78 is 6.06. The molecule has 1 fully saturated rings. The van der Waals surface area contributed by atoms with Gasteiger partial charge in [-0.1, -0.05) is 0 Å². The van der Waals surface area contributed by atoms with Crippen LogP contribution in [-0.4, -0.2) is 29.6 Å². The first-order chi connectivity index (χ1) is 11.1. The van der Waals surface area contributed by atoms with Gasteiger partial charge in [0.2, 0.25) is 6.41 Å². The van der Waals surface area contributed by atoms with E-state index in [1.54, 1.807) is 0 Å². The molecule has 0 spiro atoms. The van der Waals surface area contributed by atoms with E-state index in [1.807, 2.05) is 27.7 Å². The van der Waals surface area contributed by atoms with Crippen molar-refractivity contribution in [1.29, 1.82) is 0 Å². The molecule has 3 rings (SSSR count). The summed E-state index contributed by atoms with van der Waals surface area (Å²) in [5.74, 6) is 0.172. The molecule has 1 aromatic rings. The van der Waals surface area contributed by atoms with E-state index in [0.29, 0.717) is 35.9 Å². The first-order valence-electron chi connectivity index (χ1n) is 8.08. The van der Waals surface area contributed by atoms with Crippen LogP contribution >= 0.6 is 11.3 Å². The Morgan fingerprint density at radius 1 is 1.42 bits per heavy atom. The Kier molecular flexibility index (Phi) is 5.37. The minimum Gasteiger partial charge on any atom is -0.396 e. The van der Waals surface area contributed by atoms with Crippen molar-refractivity contribution < 1.29 is 19.4 Å². The number of primary amides is 1. The van der Waals surface area contributed by atoms with Gasteiger partial charge in [0.05, 0.1) is 16.8 Å². The van der Waals surface area contributed by atoms with Crippen LogP contribution in [0, 0.1) is 5.92 Å². The first-order valence-corrected chi connectivity index (χ1v) is 8.90. The first kappa shape index (κ1) is 18.9. The molecule has 2 amide bonds. The summed E-state index contributed by atoms with van der Waals surface area (Å²) >= 11 is 1.35. The number of hydrogen-bond donors (Lipinski definition) is 3. The highest BCUT2D eigenvalue weighted by Gasteiger charge is 2.42. The van der Waals surface area contributed by atoms with E-state index in [4.69, 9.17) is 15.6 Å². The van der Waals surface area contributed by atoms with Crippen LogP contribution in [0.4, 0.5) is 5.00 Å². The summed E-state index contributed by atoms with van der Waals surface area (Å²) in [6.45, 7) is 8.29. The number of aliphatic hydroxyl groups is 1. The molecule has 0 bridgehead atoms. The predicted octanol–water partition coefficient (Wildman–Crippen LogP) is 2.39. The van der Waals surface area contributed by atoms with E-state index in [0.717, 1.165) is 10.4 Å². The predicted molar refractivity (Wildman–Crippen MR) is 94.2 cm³/mol. The minimum atomic E-state index is -0.518. The molecule has 7 heteroatoms. The monoisotopic (exact) mass is 354 g/mol. The Morgan fingerprint density at radius 2 is 2.04 bits per heavy atom. The van der Waals surface area contributed by atoms with E-state index in [-0.39, 0.29) is 5.60 Å². The van der Waals surface area contributed by atoms with Gasteiger partial charge in [-0.15, -0.1) is 11.3 Å². The van der Waals surface area contributed by atoms with Crippen molar-refractivity contribution in [3.63, 3.8) is 0 Å². The molecule has 0 radical (unpaired) electrons. The standard InChI is InChI=1S/C13H18N2O3S.C4H8O/c1-12(2)5-7-8(10(14)17)11(15-6-16)19-9(7)13(3,4)18-12;5-3-4-1-2-4/h6H,5H2,1-4H3,(H2,14,17)(H,15,16);4-5H,1-3H2. The lowest BCUT2D eigenvalue weighted by Gasteiger charge is -2.41. The van der Waals surface area contributed by atoms with Crippen LogP contribution in [0.2, 0.25) is 0 Å². The zero-order valence-electron chi connectivity index (χ0n) is 14.6. The van der Waals surface area contributed by atoms with Gasteiger partial charge in [0, 0.05) is 17.9 Å².